The number of hydrogen-bond donors (Lipinski definition) is 1. The molecule has 0 radical (unpaired) electrons. The lowest BCUT2D eigenvalue weighted by Crippen LogP contribution is -2.23. The van der Waals surface area contributed by atoms with Gasteiger partial charge < -0.3 is 5.32 Å². The number of benzene rings is 1. The van der Waals surface area contributed by atoms with Gasteiger partial charge in [-0.25, -0.2) is 4.98 Å². The Bertz CT molecular complexity index is 564. The molecule has 0 bridgehead atoms. The van der Waals surface area contributed by atoms with E-state index in [1.54, 1.807) is 11.3 Å². The first-order valence-electron chi connectivity index (χ1n) is 7.69. The maximum absolute atomic E-state index is 4.56. The monoisotopic (exact) mass is 302 g/mol. The van der Waals surface area contributed by atoms with Crippen LogP contribution in [0.1, 0.15) is 51.5 Å². The molecule has 1 atom stereocenters. The summed E-state index contributed by atoms with van der Waals surface area (Å²) in [5, 5.41) is 4.62. The highest BCUT2D eigenvalue weighted by atomic mass is 32.1. The summed E-state index contributed by atoms with van der Waals surface area (Å²) in [7, 11) is 0. The van der Waals surface area contributed by atoms with Gasteiger partial charge in [0.05, 0.1) is 0 Å². The van der Waals surface area contributed by atoms with Gasteiger partial charge in [0.2, 0.25) is 0 Å². The van der Waals surface area contributed by atoms with Crippen molar-refractivity contribution < 1.29 is 0 Å². The van der Waals surface area contributed by atoms with E-state index >= 15 is 0 Å². The van der Waals surface area contributed by atoms with Gasteiger partial charge in [-0.2, -0.15) is 0 Å². The van der Waals surface area contributed by atoms with Crippen LogP contribution in [-0.4, -0.2) is 11.0 Å². The molecule has 0 amide bonds. The zero-order valence-corrected chi connectivity index (χ0v) is 14.6. The molecule has 21 heavy (non-hydrogen) atoms. The van der Waals surface area contributed by atoms with Gasteiger partial charge in [0.1, 0.15) is 5.01 Å². The maximum atomic E-state index is 4.56. The van der Waals surface area contributed by atoms with Gasteiger partial charge in [0.15, 0.2) is 0 Å². The molecule has 2 nitrogen and oxygen atoms in total. The Morgan fingerprint density at radius 2 is 1.86 bits per heavy atom. The van der Waals surface area contributed by atoms with Crippen molar-refractivity contribution in [2.24, 2.45) is 0 Å². The first-order chi connectivity index (χ1) is 9.90. The maximum Gasteiger partial charge on any atom is 0.123 e. The Kier molecular flexibility index (Phi) is 5.17. The minimum absolute atomic E-state index is 0.201. The van der Waals surface area contributed by atoms with Crippen molar-refractivity contribution >= 4 is 11.3 Å². The third-order valence-corrected chi connectivity index (χ3v) is 4.83. The summed E-state index contributed by atoms with van der Waals surface area (Å²) in [6.07, 6.45) is 3.15. The number of rotatable bonds is 5. The van der Waals surface area contributed by atoms with Crippen LogP contribution in [0.15, 0.2) is 30.5 Å². The Labute approximate surface area is 132 Å². The lowest BCUT2D eigenvalue weighted by atomic mass is 9.87. The summed E-state index contributed by atoms with van der Waals surface area (Å²) < 4.78 is 0. The fourth-order valence-corrected chi connectivity index (χ4v) is 2.92. The number of thiazole rings is 1. The Hall–Kier alpha value is -1.19. The average Bonchev–Trinajstić information content (AvgIpc) is 2.93. The van der Waals surface area contributed by atoms with Crippen LogP contribution in [0.3, 0.4) is 0 Å². The number of nitrogens with zero attached hydrogens (tertiary/aromatic N) is 1. The molecule has 1 heterocycles. The molecule has 1 aromatic carbocycles. The van der Waals surface area contributed by atoms with E-state index in [9.17, 15) is 0 Å². The van der Waals surface area contributed by atoms with Crippen LogP contribution in [-0.2, 0) is 12.0 Å². The van der Waals surface area contributed by atoms with Crippen molar-refractivity contribution in [3.05, 3.63) is 40.9 Å². The van der Waals surface area contributed by atoms with Crippen LogP contribution < -0.4 is 5.32 Å². The van der Waals surface area contributed by atoms with Crippen molar-refractivity contribution in [1.82, 2.24) is 10.3 Å². The van der Waals surface area contributed by atoms with Gasteiger partial charge in [-0.3, -0.25) is 0 Å². The molecule has 1 N–H and O–H groups in total. The van der Waals surface area contributed by atoms with E-state index in [0.717, 1.165) is 18.0 Å². The van der Waals surface area contributed by atoms with E-state index in [-0.39, 0.29) is 5.41 Å². The second-order valence-corrected chi connectivity index (χ2v) is 7.76. The molecule has 3 heteroatoms. The third-order valence-electron chi connectivity index (χ3n) is 3.79. The number of hydrogen-bond acceptors (Lipinski definition) is 3. The molecule has 0 saturated heterocycles. The molecular weight excluding hydrogens is 276 g/mol. The van der Waals surface area contributed by atoms with Crippen LogP contribution in [0.4, 0.5) is 0 Å². The van der Waals surface area contributed by atoms with Gasteiger partial charge in [0.25, 0.3) is 0 Å². The molecule has 0 aliphatic heterocycles. The molecule has 0 aliphatic rings. The number of aromatic nitrogens is 1. The van der Waals surface area contributed by atoms with Crippen molar-refractivity contribution in [3.8, 4) is 10.6 Å². The SMILES string of the molecule is CCC(C)NCc1cnc(-c2ccc(C(C)(C)C)cc2)s1. The predicted octanol–water partition coefficient (Wildman–Crippen LogP) is 5.00. The van der Waals surface area contributed by atoms with Crippen molar-refractivity contribution in [1.29, 1.82) is 0 Å². The van der Waals surface area contributed by atoms with Crippen LogP contribution in [0.2, 0.25) is 0 Å². The zero-order valence-electron chi connectivity index (χ0n) is 13.7. The van der Waals surface area contributed by atoms with Crippen molar-refractivity contribution in [2.75, 3.05) is 0 Å². The van der Waals surface area contributed by atoms with E-state index in [2.05, 4.69) is 69.2 Å². The average molecular weight is 302 g/mol. The molecule has 1 aromatic heterocycles. The van der Waals surface area contributed by atoms with Crippen LogP contribution in [0, 0.1) is 0 Å². The van der Waals surface area contributed by atoms with E-state index in [4.69, 9.17) is 0 Å². The summed E-state index contributed by atoms with van der Waals surface area (Å²) in [6, 6.07) is 9.36. The van der Waals surface area contributed by atoms with E-state index in [1.807, 2.05) is 6.20 Å². The molecule has 2 aromatic rings. The quantitative estimate of drug-likeness (QED) is 0.841. The highest BCUT2D eigenvalue weighted by Crippen LogP contribution is 2.28. The summed E-state index contributed by atoms with van der Waals surface area (Å²) >= 11 is 1.78. The molecule has 2 rings (SSSR count). The first kappa shape index (κ1) is 16.2. The number of nitrogens with one attached hydrogen (secondary N) is 1. The standard InChI is InChI=1S/C18H26N2S/c1-6-13(2)19-11-16-12-20-17(21-16)14-7-9-15(10-8-14)18(3,4)5/h7-10,12-13,19H,6,11H2,1-5H3. The summed E-state index contributed by atoms with van der Waals surface area (Å²) in [4.78, 5) is 5.86. The van der Waals surface area contributed by atoms with Gasteiger partial charge in [-0.05, 0) is 24.3 Å². The molecule has 114 valence electrons. The van der Waals surface area contributed by atoms with Crippen molar-refractivity contribution in [2.45, 2.75) is 59.0 Å². The Morgan fingerprint density at radius 3 is 2.43 bits per heavy atom. The molecule has 0 aliphatic carbocycles. The molecule has 0 spiro atoms. The Morgan fingerprint density at radius 1 is 1.19 bits per heavy atom. The Balaban J connectivity index is 2.07. The predicted molar refractivity (Wildman–Crippen MR) is 92.8 cm³/mol. The van der Waals surface area contributed by atoms with E-state index in [1.165, 1.54) is 16.0 Å². The fourth-order valence-electron chi connectivity index (χ4n) is 2.05. The molecule has 0 saturated carbocycles. The second kappa shape index (κ2) is 6.71. The summed E-state index contributed by atoms with van der Waals surface area (Å²) in [5.74, 6) is 0. The third kappa shape index (κ3) is 4.39. The van der Waals surface area contributed by atoms with Gasteiger partial charge >= 0.3 is 0 Å². The lowest BCUT2D eigenvalue weighted by molar-refractivity contribution is 0.537. The van der Waals surface area contributed by atoms with Crippen LogP contribution >= 0.6 is 11.3 Å². The van der Waals surface area contributed by atoms with Gasteiger partial charge in [-0.15, -0.1) is 11.3 Å². The topological polar surface area (TPSA) is 24.9 Å². The van der Waals surface area contributed by atoms with Gasteiger partial charge in [0, 0.05) is 29.2 Å². The molecular formula is C18H26N2S. The minimum atomic E-state index is 0.201. The van der Waals surface area contributed by atoms with E-state index < -0.39 is 0 Å². The largest absolute Gasteiger partial charge is 0.309 e. The molecule has 0 fully saturated rings. The second-order valence-electron chi connectivity index (χ2n) is 6.65. The first-order valence-corrected chi connectivity index (χ1v) is 8.51. The smallest absolute Gasteiger partial charge is 0.123 e. The highest BCUT2D eigenvalue weighted by Gasteiger charge is 2.13. The lowest BCUT2D eigenvalue weighted by Gasteiger charge is -2.18. The normalized spacial score (nSPS) is 13.4. The fraction of sp³-hybridized carbons (Fsp3) is 0.500. The highest BCUT2D eigenvalue weighted by molar-refractivity contribution is 7.15. The van der Waals surface area contributed by atoms with Gasteiger partial charge in [-0.1, -0.05) is 52.0 Å². The van der Waals surface area contributed by atoms with Crippen LogP contribution in [0.25, 0.3) is 10.6 Å². The van der Waals surface area contributed by atoms with Crippen LogP contribution in [0.5, 0.6) is 0 Å². The van der Waals surface area contributed by atoms with Crippen molar-refractivity contribution in [3.63, 3.8) is 0 Å². The summed E-state index contributed by atoms with van der Waals surface area (Å²) in [6.45, 7) is 12.0. The minimum Gasteiger partial charge on any atom is -0.309 e. The molecule has 1 unspecified atom stereocenters. The zero-order chi connectivity index (χ0) is 15.5. The van der Waals surface area contributed by atoms with E-state index in [0.29, 0.717) is 6.04 Å². The summed E-state index contributed by atoms with van der Waals surface area (Å²) in [5.41, 5.74) is 2.77.